The van der Waals surface area contributed by atoms with Gasteiger partial charge >= 0.3 is 23.9 Å². The first-order valence-electron chi connectivity index (χ1n) is 9.89. The van der Waals surface area contributed by atoms with Crippen LogP contribution in [0.3, 0.4) is 0 Å². The van der Waals surface area contributed by atoms with E-state index in [2.05, 4.69) is 0 Å². The topological polar surface area (TPSA) is 135 Å². The molecule has 3 aliphatic heterocycles. The summed E-state index contributed by atoms with van der Waals surface area (Å²) in [6, 6.07) is 0. The zero-order chi connectivity index (χ0) is 23.2. The van der Waals surface area contributed by atoms with Crippen LogP contribution in [-0.2, 0) is 42.9 Å². The molecule has 1 saturated heterocycles. The number of esters is 4. The summed E-state index contributed by atoms with van der Waals surface area (Å²) >= 11 is 0. The molecule has 4 atom stereocenters. The maximum absolute atomic E-state index is 12.6. The van der Waals surface area contributed by atoms with Crippen LogP contribution in [0.25, 0.3) is 0 Å². The van der Waals surface area contributed by atoms with Crippen LogP contribution in [0, 0.1) is 0 Å². The predicted molar refractivity (Wildman–Crippen MR) is 102 cm³/mol. The Bertz CT molecular complexity index is 902. The SMILES string of the molecule is CC(=O)OCC1=C2C(=CC3(C)CCC(O)(O3)C(C)(OC(C)=O)CC2OC(C)=O)OC1=O. The van der Waals surface area contributed by atoms with E-state index in [0.29, 0.717) is 6.42 Å². The Morgan fingerprint density at radius 2 is 1.81 bits per heavy atom. The van der Waals surface area contributed by atoms with Crippen LogP contribution >= 0.6 is 0 Å². The molecule has 0 radical (unpaired) electrons. The average Bonchev–Trinajstić information content (AvgIpc) is 3.08. The lowest BCUT2D eigenvalue weighted by molar-refractivity contribution is -0.302. The summed E-state index contributed by atoms with van der Waals surface area (Å²) in [5.41, 5.74) is -2.53. The van der Waals surface area contributed by atoms with Crippen molar-refractivity contribution in [3.8, 4) is 0 Å². The van der Waals surface area contributed by atoms with Gasteiger partial charge in [-0.25, -0.2) is 4.79 Å². The van der Waals surface area contributed by atoms with Crippen LogP contribution < -0.4 is 0 Å². The largest absolute Gasteiger partial charge is 0.461 e. The molecule has 0 aromatic heterocycles. The van der Waals surface area contributed by atoms with Gasteiger partial charge in [-0.15, -0.1) is 0 Å². The number of carbonyl (C=O) groups is 4. The molecule has 170 valence electrons. The summed E-state index contributed by atoms with van der Waals surface area (Å²) in [5.74, 6) is -4.52. The van der Waals surface area contributed by atoms with Crippen molar-refractivity contribution in [1.82, 2.24) is 0 Å². The van der Waals surface area contributed by atoms with Crippen LogP contribution in [0.5, 0.6) is 0 Å². The van der Waals surface area contributed by atoms with E-state index in [4.69, 9.17) is 23.7 Å². The van der Waals surface area contributed by atoms with E-state index in [1.807, 2.05) is 0 Å². The van der Waals surface area contributed by atoms with E-state index in [-0.39, 0.29) is 29.7 Å². The van der Waals surface area contributed by atoms with Gasteiger partial charge in [0, 0.05) is 39.2 Å². The Morgan fingerprint density at radius 3 is 2.39 bits per heavy atom. The number of aliphatic hydroxyl groups is 1. The number of ether oxygens (including phenoxy) is 5. The molecule has 3 aliphatic rings. The average molecular weight is 438 g/mol. The molecule has 1 fully saturated rings. The molecule has 10 heteroatoms. The van der Waals surface area contributed by atoms with Gasteiger partial charge in [0.05, 0.1) is 11.2 Å². The highest BCUT2D eigenvalue weighted by molar-refractivity contribution is 5.95. The molecule has 4 unspecified atom stereocenters. The summed E-state index contributed by atoms with van der Waals surface area (Å²) in [7, 11) is 0. The van der Waals surface area contributed by atoms with Crippen LogP contribution in [-0.4, -0.2) is 58.7 Å². The molecule has 0 aromatic carbocycles. The molecular weight excluding hydrogens is 412 g/mol. The second-order valence-electron chi connectivity index (χ2n) is 8.40. The lowest BCUT2D eigenvalue weighted by atomic mass is 9.82. The monoisotopic (exact) mass is 438 g/mol. The van der Waals surface area contributed by atoms with E-state index < -0.39 is 53.6 Å². The second kappa shape index (κ2) is 7.76. The number of hydrogen-bond acceptors (Lipinski definition) is 10. The Balaban J connectivity index is 2.21. The fourth-order valence-electron chi connectivity index (χ4n) is 4.26. The van der Waals surface area contributed by atoms with Crippen molar-refractivity contribution in [2.45, 2.75) is 77.0 Å². The van der Waals surface area contributed by atoms with Gasteiger partial charge in [0.1, 0.15) is 18.5 Å². The number of carbonyl (C=O) groups excluding carboxylic acids is 4. The highest BCUT2D eigenvalue weighted by Gasteiger charge is 2.61. The van der Waals surface area contributed by atoms with Gasteiger partial charge in [-0.2, -0.15) is 0 Å². The summed E-state index contributed by atoms with van der Waals surface area (Å²) in [6.45, 7) is 6.33. The van der Waals surface area contributed by atoms with E-state index >= 15 is 0 Å². The van der Waals surface area contributed by atoms with Crippen molar-refractivity contribution in [3.05, 3.63) is 23.0 Å². The lowest BCUT2D eigenvalue weighted by Gasteiger charge is -2.42. The highest BCUT2D eigenvalue weighted by Crippen LogP contribution is 2.50. The van der Waals surface area contributed by atoms with Crippen molar-refractivity contribution in [1.29, 1.82) is 0 Å². The van der Waals surface area contributed by atoms with Crippen molar-refractivity contribution >= 4 is 23.9 Å². The Hall–Kier alpha value is -2.72. The molecule has 31 heavy (non-hydrogen) atoms. The lowest BCUT2D eigenvalue weighted by Crippen LogP contribution is -2.57. The minimum absolute atomic E-state index is 0.00811. The minimum atomic E-state index is -1.89. The molecule has 10 nitrogen and oxygen atoms in total. The van der Waals surface area contributed by atoms with Gasteiger partial charge in [0.25, 0.3) is 0 Å². The van der Waals surface area contributed by atoms with Gasteiger partial charge in [-0.05, 0) is 26.3 Å². The van der Waals surface area contributed by atoms with Crippen LogP contribution in [0.4, 0.5) is 0 Å². The van der Waals surface area contributed by atoms with E-state index in [9.17, 15) is 24.3 Å². The third-order valence-corrected chi connectivity index (χ3v) is 5.66. The zero-order valence-electron chi connectivity index (χ0n) is 18.1. The molecule has 0 aliphatic carbocycles. The van der Waals surface area contributed by atoms with Crippen molar-refractivity contribution in [2.75, 3.05) is 6.61 Å². The standard InChI is InChI=1S/C21H26O10/c1-11(22)27-10-14-17-15(29-18(14)25)8-19(4)6-7-21(26,31-19)20(5,30-13(3)24)9-16(17)28-12(2)23/h8,16,26H,6-7,9-10H2,1-5H3. The van der Waals surface area contributed by atoms with Gasteiger partial charge in [0.2, 0.25) is 5.79 Å². The van der Waals surface area contributed by atoms with Crippen LogP contribution in [0.1, 0.15) is 53.9 Å². The normalized spacial score (nSPS) is 34.6. The Kier molecular flexibility index (Phi) is 5.74. The molecule has 0 amide bonds. The summed E-state index contributed by atoms with van der Waals surface area (Å²) in [4.78, 5) is 47.7. The summed E-state index contributed by atoms with van der Waals surface area (Å²) in [6.07, 6.45) is 0.602. The van der Waals surface area contributed by atoms with Crippen molar-refractivity contribution < 1.29 is 48.0 Å². The zero-order valence-corrected chi connectivity index (χ0v) is 18.1. The molecular formula is C21H26O10. The molecule has 2 bridgehead atoms. The van der Waals surface area contributed by atoms with Gasteiger partial charge in [-0.3, -0.25) is 14.4 Å². The first-order chi connectivity index (χ1) is 14.3. The number of rotatable bonds is 4. The highest BCUT2D eigenvalue weighted by atomic mass is 16.7. The third kappa shape index (κ3) is 4.35. The Labute approximate surface area is 179 Å². The Morgan fingerprint density at radius 1 is 1.13 bits per heavy atom. The first kappa shape index (κ1) is 23.0. The van der Waals surface area contributed by atoms with E-state index in [1.54, 1.807) is 6.92 Å². The quantitative estimate of drug-likeness (QED) is 0.504. The van der Waals surface area contributed by atoms with E-state index in [0.717, 1.165) is 0 Å². The maximum Gasteiger partial charge on any atom is 0.343 e. The first-order valence-corrected chi connectivity index (χ1v) is 9.89. The fraction of sp³-hybridized carbons (Fsp3) is 0.619. The van der Waals surface area contributed by atoms with Crippen molar-refractivity contribution in [3.63, 3.8) is 0 Å². The third-order valence-electron chi connectivity index (χ3n) is 5.66. The fourth-order valence-corrected chi connectivity index (χ4v) is 4.26. The molecule has 0 spiro atoms. The number of fused-ring (bicyclic) bond motifs is 3. The van der Waals surface area contributed by atoms with Gasteiger partial charge in [0.15, 0.2) is 5.60 Å². The van der Waals surface area contributed by atoms with Gasteiger partial charge < -0.3 is 28.8 Å². The molecule has 0 aromatic rings. The van der Waals surface area contributed by atoms with E-state index in [1.165, 1.54) is 33.8 Å². The molecule has 3 rings (SSSR count). The van der Waals surface area contributed by atoms with Gasteiger partial charge in [-0.1, -0.05) is 0 Å². The second-order valence-corrected chi connectivity index (χ2v) is 8.40. The summed E-state index contributed by atoms with van der Waals surface area (Å²) in [5, 5.41) is 11.3. The minimum Gasteiger partial charge on any atom is -0.461 e. The molecule has 3 heterocycles. The smallest absolute Gasteiger partial charge is 0.343 e. The van der Waals surface area contributed by atoms with Crippen molar-refractivity contribution in [2.24, 2.45) is 0 Å². The van der Waals surface area contributed by atoms with Crippen LogP contribution in [0.15, 0.2) is 23.0 Å². The molecule has 0 saturated carbocycles. The van der Waals surface area contributed by atoms with Crippen LogP contribution in [0.2, 0.25) is 0 Å². The predicted octanol–water partition coefficient (Wildman–Crippen LogP) is 1.20. The summed E-state index contributed by atoms with van der Waals surface area (Å²) < 4.78 is 27.3. The maximum atomic E-state index is 12.6. The number of hydrogen-bond donors (Lipinski definition) is 1. The molecule has 1 N–H and O–H groups in total.